The molecule has 5 nitrogen and oxygen atoms in total. The molecule has 1 unspecified atom stereocenters. The first-order valence-electron chi connectivity index (χ1n) is 4.23. The molecule has 1 atom stereocenters. The maximum absolute atomic E-state index is 11.3. The molecule has 82 valence electrons. The van der Waals surface area contributed by atoms with E-state index in [0.29, 0.717) is 0 Å². The lowest BCUT2D eigenvalue weighted by Crippen LogP contribution is -2.24. The monoisotopic (exact) mass is 248 g/mol. The summed E-state index contributed by atoms with van der Waals surface area (Å²) >= 11 is 11.2. The van der Waals surface area contributed by atoms with Gasteiger partial charge in [-0.3, -0.25) is 4.79 Å². The molecule has 0 radical (unpaired) electrons. The molecule has 15 heavy (non-hydrogen) atoms. The number of halogens is 2. The van der Waals surface area contributed by atoms with Crippen LogP contribution in [-0.2, 0) is 4.79 Å². The van der Waals surface area contributed by atoms with Gasteiger partial charge in [0.05, 0.1) is 0 Å². The lowest BCUT2D eigenvalue weighted by atomic mass is 10.2. The minimum Gasteiger partial charge on any atom is -0.327 e. The summed E-state index contributed by atoms with van der Waals surface area (Å²) in [6.07, 6.45) is 0.208. The molecule has 0 fully saturated rings. The van der Waals surface area contributed by atoms with Crippen molar-refractivity contribution in [3.05, 3.63) is 16.5 Å². The van der Waals surface area contributed by atoms with E-state index in [1.165, 1.54) is 6.07 Å². The Balaban J connectivity index is 2.68. The Morgan fingerprint density at radius 3 is 2.80 bits per heavy atom. The zero-order chi connectivity index (χ0) is 11.4. The van der Waals surface area contributed by atoms with E-state index >= 15 is 0 Å². The molecule has 0 spiro atoms. The molecule has 1 aromatic rings. The number of nitrogens with two attached hydrogens (primary N) is 1. The molecule has 1 rings (SSSR count). The fourth-order valence-corrected chi connectivity index (χ4v) is 1.35. The Labute approximate surface area is 97.0 Å². The van der Waals surface area contributed by atoms with Crippen LogP contribution in [0, 0.1) is 0 Å². The van der Waals surface area contributed by atoms with Gasteiger partial charge in [0, 0.05) is 18.5 Å². The molecule has 0 saturated heterocycles. The van der Waals surface area contributed by atoms with Crippen molar-refractivity contribution in [1.29, 1.82) is 0 Å². The fourth-order valence-electron chi connectivity index (χ4n) is 0.940. The Kier molecular flexibility index (Phi) is 4.26. The maximum Gasteiger partial charge on any atom is 0.227 e. The molecule has 0 saturated carbocycles. The lowest BCUT2D eigenvalue weighted by molar-refractivity contribution is -0.116. The van der Waals surface area contributed by atoms with Gasteiger partial charge in [-0.1, -0.05) is 11.6 Å². The number of nitrogens with one attached hydrogen (secondary N) is 1. The van der Waals surface area contributed by atoms with Crippen LogP contribution in [0.5, 0.6) is 0 Å². The number of carbonyl (C=O) groups excluding carboxylic acids is 1. The molecule has 1 aromatic heterocycles. The molecular weight excluding hydrogens is 239 g/mol. The minimum absolute atomic E-state index is 0.0152. The van der Waals surface area contributed by atoms with Crippen LogP contribution < -0.4 is 11.1 Å². The standard InChI is InChI=1S/C8H10Cl2N4O/c1-4(11)2-7(15)13-6-3-5(9)12-8(10)14-6/h3-4H,2,11H2,1H3,(H,12,13,14,15). The summed E-state index contributed by atoms with van der Waals surface area (Å²) in [6, 6.07) is 1.20. The average molecular weight is 249 g/mol. The highest BCUT2D eigenvalue weighted by molar-refractivity contribution is 6.32. The summed E-state index contributed by atoms with van der Waals surface area (Å²) < 4.78 is 0. The zero-order valence-electron chi connectivity index (χ0n) is 8.00. The third-order valence-corrected chi connectivity index (χ3v) is 1.81. The molecule has 0 aliphatic carbocycles. The molecule has 0 aromatic carbocycles. The predicted octanol–water partition coefficient (Wildman–Crippen LogP) is 1.46. The van der Waals surface area contributed by atoms with Crippen LogP contribution in [0.4, 0.5) is 5.82 Å². The van der Waals surface area contributed by atoms with Gasteiger partial charge >= 0.3 is 0 Å². The number of hydrogen-bond acceptors (Lipinski definition) is 4. The summed E-state index contributed by atoms with van der Waals surface area (Å²) in [5.74, 6) is 0.0292. The smallest absolute Gasteiger partial charge is 0.227 e. The zero-order valence-corrected chi connectivity index (χ0v) is 9.51. The Bertz CT molecular complexity index is 349. The number of amides is 1. The van der Waals surface area contributed by atoms with Gasteiger partial charge in [-0.15, -0.1) is 0 Å². The number of aromatic nitrogens is 2. The topological polar surface area (TPSA) is 80.9 Å². The van der Waals surface area contributed by atoms with E-state index in [-0.39, 0.29) is 34.6 Å². The van der Waals surface area contributed by atoms with Crippen molar-refractivity contribution in [2.24, 2.45) is 5.73 Å². The molecule has 3 N–H and O–H groups in total. The van der Waals surface area contributed by atoms with Crippen molar-refractivity contribution in [1.82, 2.24) is 9.97 Å². The van der Waals surface area contributed by atoms with Gasteiger partial charge in [0.1, 0.15) is 11.0 Å². The van der Waals surface area contributed by atoms with Gasteiger partial charge < -0.3 is 11.1 Å². The van der Waals surface area contributed by atoms with E-state index < -0.39 is 0 Å². The van der Waals surface area contributed by atoms with Gasteiger partial charge in [-0.05, 0) is 18.5 Å². The highest BCUT2D eigenvalue weighted by Gasteiger charge is 2.07. The van der Waals surface area contributed by atoms with Crippen molar-refractivity contribution >= 4 is 34.9 Å². The number of hydrogen-bond donors (Lipinski definition) is 2. The molecule has 1 heterocycles. The van der Waals surface area contributed by atoms with Crippen molar-refractivity contribution in [2.75, 3.05) is 5.32 Å². The molecule has 7 heteroatoms. The molecule has 0 aliphatic rings. The third kappa shape index (κ3) is 4.42. The average Bonchev–Trinajstić information content (AvgIpc) is 1.98. The summed E-state index contributed by atoms with van der Waals surface area (Å²) in [6.45, 7) is 1.74. The normalized spacial score (nSPS) is 12.3. The number of rotatable bonds is 3. The predicted molar refractivity (Wildman–Crippen MR) is 58.9 cm³/mol. The molecule has 1 amide bonds. The van der Waals surface area contributed by atoms with Crippen LogP contribution >= 0.6 is 23.2 Å². The van der Waals surface area contributed by atoms with E-state index in [9.17, 15) is 4.79 Å². The third-order valence-electron chi connectivity index (χ3n) is 1.44. The van der Waals surface area contributed by atoms with Crippen LogP contribution in [0.1, 0.15) is 13.3 Å². The summed E-state index contributed by atoms with van der Waals surface area (Å²) in [4.78, 5) is 18.7. The van der Waals surface area contributed by atoms with E-state index in [1.807, 2.05) is 0 Å². The SMILES string of the molecule is CC(N)CC(=O)Nc1cc(Cl)nc(Cl)n1. The van der Waals surface area contributed by atoms with E-state index in [4.69, 9.17) is 28.9 Å². The first kappa shape index (κ1) is 12.2. The van der Waals surface area contributed by atoms with E-state index in [0.717, 1.165) is 0 Å². The highest BCUT2D eigenvalue weighted by atomic mass is 35.5. The van der Waals surface area contributed by atoms with Crippen molar-refractivity contribution in [3.8, 4) is 0 Å². The Morgan fingerprint density at radius 1 is 1.60 bits per heavy atom. The summed E-state index contributed by atoms with van der Waals surface area (Å²) in [5.41, 5.74) is 5.46. The first-order valence-corrected chi connectivity index (χ1v) is 4.98. The first-order chi connectivity index (χ1) is 6.97. The van der Waals surface area contributed by atoms with Crippen LogP contribution in [0.15, 0.2) is 6.07 Å². The second-order valence-electron chi connectivity index (χ2n) is 3.07. The number of nitrogens with zero attached hydrogens (tertiary/aromatic N) is 2. The van der Waals surface area contributed by atoms with Gasteiger partial charge in [-0.2, -0.15) is 0 Å². The largest absolute Gasteiger partial charge is 0.327 e. The van der Waals surface area contributed by atoms with Crippen molar-refractivity contribution in [3.63, 3.8) is 0 Å². The van der Waals surface area contributed by atoms with Gasteiger partial charge in [0.15, 0.2) is 0 Å². The van der Waals surface area contributed by atoms with Crippen LogP contribution in [0.3, 0.4) is 0 Å². The van der Waals surface area contributed by atoms with Crippen LogP contribution in [-0.4, -0.2) is 21.9 Å². The summed E-state index contributed by atoms with van der Waals surface area (Å²) in [7, 11) is 0. The fraction of sp³-hybridized carbons (Fsp3) is 0.375. The Morgan fingerprint density at radius 2 is 2.27 bits per heavy atom. The van der Waals surface area contributed by atoms with Crippen molar-refractivity contribution in [2.45, 2.75) is 19.4 Å². The van der Waals surface area contributed by atoms with Crippen LogP contribution in [0.2, 0.25) is 10.4 Å². The molecule has 0 bridgehead atoms. The molecule has 0 aliphatic heterocycles. The molecular formula is C8H10Cl2N4O. The van der Waals surface area contributed by atoms with E-state index in [2.05, 4.69) is 15.3 Å². The Hall–Kier alpha value is -0.910. The quantitative estimate of drug-likeness (QED) is 0.627. The lowest BCUT2D eigenvalue weighted by Gasteiger charge is -2.06. The van der Waals surface area contributed by atoms with Gasteiger partial charge in [0.25, 0.3) is 0 Å². The van der Waals surface area contributed by atoms with Crippen molar-refractivity contribution < 1.29 is 4.79 Å². The summed E-state index contributed by atoms with van der Waals surface area (Å²) in [5, 5.41) is 2.67. The van der Waals surface area contributed by atoms with Gasteiger partial charge in [-0.25, -0.2) is 9.97 Å². The van der Waals surface area contributed by atoms with Crippen LogP contribution in [0.25, 0.3) is 0 Å². The second-order valence-corrected chi connectivity index (χ2v) is 3.80. The minimum atomic E-state index is -0.240. The van der Waals surface area contributed by atoms with Gasteiger partial charge in [0.2, 0.25) is 11.2 Å². The maximum atomic E-state index is 11.3. The number of anilines is 1. The van der Waals surface area contributed by atoms with E-state index in [1.54, 1.807) is 6.92 Å². The second kappa shape index (κ2) is 5.25. The highest BCUT2D eigenvalue weighted by Crippen LogP contribution is 2.14. The number of carbonyl (C=O) groups is 1.